The van der Waals surface area contributed by atoms with Crippen LogP contribution in [0.4, 0.5) is 0 Å². The van der Waals surface area contributed by atoms with Crippen LogP contribution in [-0.2, 0) is 0 Å². The Hall–Kier alpha value is -0.600. The predicted molar refractivity (Wildman–Crippen MR) is 47.9 cm³/mol. The molecule has 0 aromatic carbocycles. The number of hydrazine groups is 1. The molecule has 1 aliphatic rings. The first-order chi connectivity index (χ1) is 5.38. The van der Waals surface area contributed by atoms with Crippen molar-refractivity contribution >= 4 is 0 Å². The SMILES string of the molecule is C=CCCN1CN1CCC=C. The molecule has 2 unspecified atom stereocenters. The van der Waals surface area contributed by atoms with E-state index in [9.17, 15) is 0 Å². The van der Waals surface area contributed by atoms with Gasteiger partial charge >= 0.3 is 0 Å². The Bertz CT molecular complexity index is 126. The maximum Gasteiger partial charge on any atom is 0.0787 e. The van der Waals surface area contributed by atoms with Gasteiger partial charge in [0, 0.05) is 13.1 Å². The van der Waals surface area contributed by atoms with Gasteiger partial charge in [-0.15, -0.1) is 13.2 Å². The Kier molecular flexibility index (Phi) is 3.33. The fourth-order valence-electron chi connectivity index (χ4n) is 1.07. The van der Waals surface area contributed by atoms with Crippen LogP contribution >= 0.6 is 0 Å². The van der Waals surface area contributed by atoms with Crippen molar-refractivity contribution in [1.82, 2.24) is 10.0 Å². The van der Waals surface area contributed by atoms with E-state index in [1.807, 2.05) is 12.2 Å². The first-order valence-corrected chi connectivity index (χ1v) is 4.10. The van der Waals surface area contributed by atoms with Gasteiger partial charge in [0.2, 0.25) is 0 Å². The first kappa shape index (κ1) is 8.50. The van der Waals surface area contributed by atoms with E-state index in [-0.39, 0.29) is 0 Å². The van der Waals surface area contributed by atoms with Gasteiger partial charge < -0.3 is 0 Å². The van der Waals surface area contributed by atoms with Gasteiger partial charge in [0.15, 0.2) is 0 Å². The van der Waals surface area contributed by atoms with Crippen molar-refractivity contribution in [3.63, 3.8) is 0 Å². The van der Waals surface area contributed by atoms with E-state index in [1.165, 1.54) is 0 Å². The summed E-state index contributed by atoms with van der Waals surface area (Å²) in [4.78, 5) is 0. The minimum absolute atomic E-state index is 1.09. The summed E-state index contributed by atoms with van der Waals surface area (Å²) in [5.41, 5.74) is 0. The van der Waals surface area contributed by atoms with Gasteiger partial charge in [-0.1, -0.05) is 12.2 Å². The quantitative estimate of drug-likeness (QED) is 0.421. The van der Waals surface area contributed by atoms with Crippen LogP contribution in [0.25, 0.3) is 0 Å². The molecule has 0 saturated carbocycles. The second-order valence-corrected chi connectivity index (χ2v) is 2.76. The zero-order valence-corrected chi connectivity index (χ0v) is 7.00. The lowest BCUT2D eigenvalue weighted by molar-refractivity contribution is 0.314. The number of rotatable bonds is 6. The average molecular weight is 152 g/mol. The van der Waals surface area contributed by atoms with E-state index in [2.05, 4.69) is 23.2 Å². The Labute approximate surface area is 68.8 Å². The topological polar surface area (TPSA) is 6.02 Å². The Balaban J connectivity index is 1.97. The van der Waals surface area contributed by atoms with Crippen LogP contribution in [-0.4, -0.2) is 29.8 Å². The van der Waals surface area contributed by atoms with Crippen molar-refractivity contribution < 1.29 is 0 Å². The highest BCUT2D eigenvalue weighted by atomic mass is 15.8. The van der Waals surface area contributed by atoms with Crippen LogP contribution in [0.3, 0.4) is 0 Å². The van der Waals surface area contributed by atoms with Crippen LogP contribution < -0.4 is 0 Å². The monoisotopic (exact) mass is 152 g/mol. The van der Waals surface area contributed by atoms with Gasteiger partial charge in [0.1, 0.15) is 0 Å². The molecular formula is C9H16N2. The molecule has 2 atom stereocenters. The summed E-state index contributed by atoms with van der Waals surface area (Å²) < 4.78 is 0. The summed E-state index contributed by atoms with van der Waals surface area (Å²) in [6.07, 6.45) is 6.10. The van der Waals surface area contributed by atoms with Crippen molar-refractivity contribution in [2.24, 2.45) is 0 Å². The molecule has 2 heteroatoms. The molecule has 0 aromatic heterocycles. The molecule has 2 nitrogen and oxygen atoms in total. The fraction of sp³-hybridized carbons (Fsp3) is 0.556. The summed E-state index contributed by atoms with van der Waals surface area (Å²) in [6, 6.07) is 0. The third-order valence-corrected chi connectivity index (χ3v) is 1.82. The molecule has 0 aromatic rings. The molecule has 1 rings (SSSR count). The second-order valence-electron chi connectivity index (χ2n) is 2.76. The number of nitrogens with zero attached hydrogens (tertiary/aromatic N) is 2. The molecule has 0 spiro atoms. The molecule has 62 valence electrons. The molecule has 1 heterocycles. The zero-order chi connectivity index (χ0) is 8.10. The van der Waals surface area contributed by atoms with Crippen LogP contribution in [0.5, 0.6) is 0 Å². The lowest BCUT2D eigenvalue weighted by atomic mass is 10.4. The summed E-state index contributed by atoms with van der Waals surface area (Å²) in [5.74, 6) is 0. The summed E-state index contributed by atoms with van der Waals surface area (Å²) in [5, 5.41) is 4.65. The van der Waals surface area contributed by atoms with E-state index in [1.54, 1.807) is 0 Å². The van der Waals surface area contributed by atoms with Crippen LogP contribution in [0.15, 0.2) is 25.3 Å². The van der Waals surface area contributed by atoms with Gasteiger partial charge in [-0.2, -0.15) is 0 Å². The molecular weight excluding hydrogens is 136 g/mol. The van der Waals surface area contributed by atoms with Gasteiger partial charge in [-0.3, -0.25) is 0 Å². The van der Waals surface area contributed by atoms with Gasteiger partial charge in [-0.05, 0) is 12.8 Å². The van der Waals surface area contributed by atoms with Crippen molar-refractivity contribution in [2.45, 2.75) is 12.8 Å². The summed E-state index contributed by atoms with van der Waals surface area (Å²) in [7, 11) is 0. The fourth-order valence-corrected chi connectivity index (χ4v) is 1.07. The van der Waals surface area contributed by atoms with Crippen molar-refractivity contribution in [3.05, 3.63) is 25.3 Å². The minimum atomic E-state index is 1.09. The highest BCUT2D eigenvalue weighted by molar-refractivity contribution is 4.77. The Morgan fingerprint density at radius 1 is 1.00 bits per heavy atom. The first-order valence-electron chi connectivity index (χ1n) is 4.10. The van der Waals surface area contributed by atoms with Crippen molar-refractivity contribution in [3.8, 4) is 0 Å². The van der Waals surface area contributed by atoms with E-state index in [0.29, 0.717) is 0 Å². The second kappa shape index (κ2) is 4.31. The molecule has 1 fully saturated rings. The van der Waals surface area contributed by atoms with Gasteiger partial charge in [0.05, 0.1) is 6.67 Å². The third kappa shape index (κ3) is 2.87. The van der Waals surface area contributed by atoms with E-state index in [0.717, 1.165) is 32.6 Å². The Morgan fingerprint density at radius 3 is 1.82 bits per heavy atom. The van der Waals surface area contributed by atoms with E-state index >= 15 is 0 Å². The van der Waals surface area contributed by atoms with Crippen LogP contribution in [0.2, 0.25) is 0 Å². The largest absolute Gasteiger partial charge is 0.225 e. The molecule has 0 amide bonds. The van der Waals surface area contributed by atoms with Crippen molar-refractivity contribution in [1.29, 1.82) is 0 Å². The molecule has 1 aliphatic heterocycles. The maximum atomic E-state index is 3.69. The normalized spacial score (nSPS) is 28.0. The summed E-state index contributed by atoms with van der Waals surface area (Å²) in [6.45, 7) is 10.8. The zero-order valence-electron chi connectivity index (χ0n) is 7.00. The molecule has 11 heavy (non-hydrogen) atoms. The predicted octanol–water partition coefficient (Wildman–Crippen LogP) is 1.63. The van der Waals surface area contributed by atoms with Crippen LogP contribution in [0, 0.1) is 0 Å². The molecule has 0 N–H and O–H groups in total. The van der Waals surface area contributed by atoms with Crippen molar-refractivity contribution in [2.75, 3.05) is 19.8 Å². The number of hydrogen-bond acceptors (Lipinski definition) is 2. The molecule has 0 aliphatic carbocycles. The molecule has 0 bridgehead atoms. The van der Waals surface area contributed by atoms with E-state index < -0.39 is 0 Å². The lowest BCUT2D eigenvalue weighted by Crippen LogP contribution is -2.08. The standard InChI is InChI=1S/C9H16N2/c1-3-5-7-10-9-11(10)8-6-4-2/h3-4H,1-2,5-9H2. The lowest BCUT2D eigenvalue weighted by Gasteiger charge is -2.00. The minimum Gasteiger partial charge on any atom is -0.225 e. The maximum absolute atomic E-state index is 3.69. The summed E-state index contributed by atoms with van der Waals surface area (Å²) >= 11 is 0. The van der Waals surface area contributed by atoms with Crippen LogP contribution in [0.1, 0.15) is 12.8 Å². The molecule has 0 radical (unpaired) electrons. The smallest absolute Gasteiger partial charge is 0.0787 e. The third-order valence-electron chi connectivity index (χ3n) is 1.82. The molecule has 1 saturated heterocycles. The highest BCUT2D eigenvalue weighted by Crippen LogP contribution is 2.15. The van der Waals surface area contributed by atoms with E-state index in [4.69, 9.17) is 0 Å². The average Bonchev–Trinajstić information content (AvgIpc) is 2.76. The van der Waals surface area contributed by atoms with Gasteiger partial charge in [0.25, 0.3) is 0 Å². The number of hydrogen-bond donors (Lipinski definition) is 0. The van der Waals surface area contributed by atoms with Gasteiger partial charge in [-0.25, -0.2) is 10.0 Å². The highest BCUT2D eigenvalue weighted by Gasteiger charge is 2.28. The Morgan fingerprint density at radius 2 is 1.45 bits per heavy atom.